The second kappa shape index (κ2) is 3.80. The number of nitrogens with two attached hydrogens (primary N) is 1. The van der Waals surface area contributed by atoms with Crippen LogP contribution in [0.25, 0.3) is 0 Å². The SMILES string of the molecule is CC(C)c1cc(Cl)cc(C2(CN)CC2)c1. The van der Waals surface area contributed by atoms with Crippen LogP contribution in [0.1, 0.15) is 43.7 Å². The molecule has 0 radical (unpaired) electrons. The summed E-state index contributed by atoms with van der Waals surface area (Å²) in [7, 11) is 0. The van der Waals surface area contributed by atoms with E-state index < -0.39 is 0 Å². The predicted molar refractivity (Wildman–Crippen MR) is 65.5 cm³/mol. The molecule has 1 fully saturated rings. The summed E-state index contributed by atoms with van der Waals surface area (Å²) in [6, 6.07) is 6.41. The Morgan fingerprint density at radius 3 is 2.47 bits per heavy atom. The van der Waals surface area contributed by atoms with Crippen molar-refractivity contribution in [2.45, 2.75) is 38.0 Å². The molecule has 82 valence electrons. The average molecular weight is 224 g/mol. The lowest BCUT2D eigenvalue weighted by atomic mass is 9.92. The maximum absolute atomic E-state index is 6.14. The Morgan fingerprint density at radius 1 is 1.33 bits per heavy atom. The lowest BCUT2D eigenvalue weighted by Crippen LogP contribution is -2.19. The molecule has 0 bridgehead atoms. The summed E-state index contributed by atoms with van der Waals surface area (Å²) in [5.41, 5.74) is 8.73. The van der Waals surface area contributed by atoms with Gasteiger partial charge in [-0.25, -0.2) is 0 Å². The Bertz CT molecular complexity index is 367. The van der Waals surface area contributed by atoms with Gasteiger partial charge < -0.3 is 5.73 Å². The van der Waals surface area contributed by atoms with Gasteiger partial charge in [-0.2, -0.15) is 0 Å². The van der Waals surface area contributed by atoms with Gasteiger partial charge in [0.2, 0.25) is 0 Å². The molecule has 2 N–H and O–H groups in total. The van der Waals surface area contributed by atoms with Crippen molar-refractivity contribution in [3.8, 4) is 0 Å². The van der Waals surface area contributed by atoms with E-state index in [4.69, 9.17) is 17.3 Å². The first-order valence-electron chi connectivity index (χ1n) is 5.58. The van der Waals surface area contributed by atoms with Crippen LogP contribution in [0.2, 0.25) is 5.02 Å². The quantitative estimate of drug-likeness (QED) is 0.835. The van der Waals surface area contributed by atoms with Gasteiger partial charge in [0.15, 0.2) is 0 Å². The minimum absolute atomic E-state index is 0.245. The molecular weight excluding hydrogens is 206 g/mol. The number of benzene rings is 1. The highest BCUT2D eigenvalue weighted by molar-refractivity contribution is 6.30. The van der Waals surface area contributed by atoms with Crippen LogP contribution >= 0.6 is 11.6 Å². The zero-order chi connectivity index (χ0) is 11.1. The highest BCUT2D eigenvalue weighted by atomic mass is 35.5. The fraction of sp³-hybridized carbons (Fsp3) is 0.538. The Morgan fingerprint density at radius 2 is 2.00 bits per heavy atom. The van der Waals surface area contributed by atoms with Crippen molar-refractivity contribution in [3.05, 3.63) is 34.3 Å². The van der Waals surface area contributed by atoms with Crippen molar-refractivity contribution in [2.24, 2.45) is 5.73 Å². The van der Waals surface area contributed by atoms with Gasteiger partial charge in [0, 0.05) is 17.0 Å². The molecule has 0 aliphatic heterocycles. The van der Waals surface area contributed by atoms with Gasteiger partial charge in [-0.15, -0.1) is 0 Å². The third kappa shape index (κ3) is 2.04. The van der Waals surface area contributed by atoms with Crippen molar-refractivity contribution >= 4 is 11.6 Å². The summed E-state index contributed by atoms with van der Waals surface area (Å²) < 4.78 is 0. The van der Waals surface area contributed by atoms with Gasteiger partial charge in [0.25, 0.3) is 0 Å². The topological polar surface area (TPSA) is 26.0 Å². The van der Waals surface area contributed by atoms with E-state index in [9.17, 15) is 0 Å². The zero-order valence-electron chi connectivity index (χ0n) is 9.39. The standard InChI is InChI=1S/C13H18ClN/c1-9(2)10-5-11(7-12(14)6-10)13(8-15)3-4-13/h5-7,9H,3-4,8,15H2,1-2H3. The molecule has 0 saturated heterocycles. The van der Waals surface area contributed by atoms with Crippen LogP contribution in [-0.4, -0.2) is 6.54 Å². The van der Waals surface area contributed by atoms with Crippen LogP contribution in [-0.2, 0) is 5.41 Å². The molecule has 1 aliphatic carbocycles. The second-order valence-electron chi connectivity index (χ2n) is 4.91. The minimum atomic E-state index is 0.245. The van der Waals surface area contributed by atoms with Crippen LogP contribution in [0, 0.1) is 0 Å². The number of rotatable bonds is 3. The maximum Gasteiger partial charge on any atom is 0.0411 e. The van der Waals surface area contributed by atoms with E-state index in [0.717, 1.165) is 11.6 Å². The van der Waals surface area contributed by atoms with Crippen molar-refractivity contribution in [1.29, 1.82) is 0 Å². The molecule has 15 heavy (non-hydrogen) atoms. The van der Waals surface area contributed by atoms with Crippen molar-refractivity contribution in [1.82, 2.24) is 0 Å². The Hall–Kier alpha value is -0.530. The molecule has 0 unspecified atom stereocenters. The number of hydrogen-bond donors (Lipinski definition) is 1. The van der Waals surface area contributed by atoms with Crippen LogP contribution in [0.5, 0.6) is 0 Å². The molecule has 0 amide bonds. The van der Waals surface area contributed by atoms with E-state index >= 15 is 0 Å². The second-order valence-corrected chi connectivity index (χ2v) is 5.35. The molecule has 1 aromatic carbocycles. The van der Waals surface area contributed by atoms with Crippen LogP contribution < -0.4 is 5.73 Å². The molecule has 1 nitrogen and oxygen atoms in total. The van der Waals surface area contributed by atoms with Crippen LogP contribution in [0.3, 0.4) is 0 Å². The lowest BCUT2D eigenvalue weighted by Gasteiger charge is -2.16. The summed E-state index contributed by atoms with van der Waals surface area (Å²) in [6.45, 7) is 5.12. The van der Waals surface area contributed by atoms with Gasteiger partial charge in [-0.3, -0.25) is 0 Å². The Labute approximate surface area is 96.6 Å². The lowest BCUT2D eigenvalue weighted by molar-refractivity contribution is 0.701. The first-order valence-corrected chi connectivity index (χ1v) is 5.96. The van der Waals surface area contributed by atoms with Gasteiger partial charge in [0.05, 0.1) is 0 Å². The molecular formula is C13H18ClN. The monoisotopic (exact) mass is 223 g/mol. The normalized spacial score (nSPS) is 18.2. The summed E-state index contributed by atoms with van der Waals surface area (Å²) >= 11 is 6.14. The minimum Gasteiger partial charge on any atom is -0.330 e. The molecule has 2 rings (SSSR count). The highest BCUT2D eigenvalue weighted by Gasteiger charge is 2.43. The van der Waals surface area contributed by atoms with E-state index in [1.54, 1.807) is 0 Å². The summed E-state index contributed by atoms with van der Waals surface area (Å²) in [6.07, 6.45) is 2.42. The van der Waals surface area contributed by atoms with Crippen molar-refractivity contribution in [3.63, 3.8) is 0 Å². The first kappa shape index (κ1) is 11.0. The molecule has 1 aromatic rings. The predicted octanol–water partition coefficient (Wildman–Crippen LogP) is 3.45. The molecule has 0 atom stereocenters. The third-order valence-electron chi connectivity index (χ3n) is 3.44. The van der Waals surface area contributed by atoms with Gasteiger partial charge >= 0.3 is 0 Å². The smallest absolute Gasteiger partial charge is 0.0411 e. The molecule has 2 heteroatoms. The van der Waals surface area contributed by atoms with Crippen LogP contribution in [0.4, 0.5) is 0 Å². The molecule has 1 aliphatic rings. The summed E-state index contributed by atoms with van der Waals surface area (Å²) in [5.74, 6) is 0.524. The fourth-order valence-electron chi connectivity index (χ4n) is 2.01. The average Bonchev–Trinajstić information content (AvgIpc) is 2.97. The Balaban J connectivity index is 2.40. The van der Waals surface area contributed by atoms with Crippen LogP contribution in [0.15, 0.2) is 18.2 Å². The van der Waals surface area contributed by atoms with E-state index in [-0.39, 0.29) is 5.41 Å². The zero-order valence-corrected chi connectivity index (χ0v) is 10.1. The summed E-state index contributed by atoms with van der Waals surface area (Å²) in [5, 5.41) is 0.843. The summed E-state index contributed by atoms with van der Waals surface area (Å²) in [4.78, 5) is 0. The third-order valence-corrected chi connectivity index (χ3v) is 3.66. The molecule has 0 aromatic heterocycles. The van der Waals surface area contributed by atoms with E-state index in [2.05, 4.69) is 32.0 Å². The Kier molecular flexibility index (Phi) is 2.78. The molecule has 0 spiro atoms. The number of halogens is 1. The van der Waals surface area contributed by atoms with E-state index in [1.165, 1.54) is 24.0 Å². The molecule has 1 saturated carbocycles. The van der Waals surface area contributed by atoms with E-state index in [1.807, 2.05) is 0 Å². The van der Waals surface area contributed by atoms with Gasteiger partial charge in [0.1, 0.15) is 0 Å². The highest BCUT2D eigenvalue weighted by Crippen LogP contribution is 2.48. The molecule has 0 heterocycles. The first-order chi connectivity index (χ1) is 7.07. The van der Waals surface area contributed by atoms with Crippen molar-refractivity contribution < 1.29 is 0 Å². The van der Waals surface area contributed by atoms with Crippen molar-refractivity contribution in [2.75, 3.05) is 6.54 Å². The number of hydrogen-bond acceptors (Lipinski definition) is 1. The largest absolute Gasteiger partial charge is 0.330 e. The van der Waals surface area contributed by atoms with E-state index in [0.29, 0.717) is 5.92 Å². The fourth-order valence-corrected chi connectivity index (χ4v) is 2.26. The van der Waals surface area contributed by atoms with Gasteiger partial charge in [-0.1, -0.05) is 31.5 Å². The maximum atomic E-state index is 6.14. The van der Waals surface area contributed by atoms with Gasteiger partial charge in [-0.05, 0) is 42.0 Å².